The second-order valence-corrected chi connectivity index (χ2v) is 10.4. The van der Waals surface area contributed by atoms with Gasteiger partial charge in [-0.3, -0.25) is 0 Å². The normalized spacial score (nSPS) is 55.8. The molecule has 6 heteroatoms. The SMILES string of the molecule is C[C@]12CC[C@H]3[C@@H](CC[C@]4(O)C[C@@H](O)CC[C@]34O)[C@@]1(O)CC[C@@H]2C1=CC(=O)OC1. The van der Waals surface area contributed by atoms with E-state index >= 15 is 0 Å². The Kier molecular flexibility index (Phi) is 3.95. The minimum Gasteiger partial charge on any atom is -0.458 e. The van der Waals surface area contributed by atoms with Crippen molar-refractivity contribution < 1.29 is 30.0 Å². The van der Waals surface area contributed by atoms with Gasteiger partial charge in [-0.1, -0.05) is 6.92 Å². The van der Waals surface area contributed by atoms with Crippen LogP contribution in [0.15, 0.2) is 11.6 Å². The summed E-state index contributed by atoms with van der Waals surface area (Å²) in [6.07, 6.45) is 6.17. The quantitative estimate of drug-likeness (QED) is 0.503. The van der Waals surface area contributed by atoms with Crippen molar-refractivity contribution in [2.24, 2.45) is 23.2 Å². The fraction of sp³-hybridized carbons (Fsp3) is 0.864. The number of hydrogen-bond acceptors (Lipinski definition) is 6. The third-order valence-electron chi connectivity index (χ3n) is 9.50. The van der Waals surface area contributed by atoms with Crippen molar-refractivity contribution in [2.75, 3.05) is 6.61 Å². The van der Waals surface area contributed by atoms with Gasteiger partial charge in [-0.2, -0.15) is 0 Å². The van der Waals surface area contributed by atoms with Gasteiger partial charge in [-0.25, -0.2) is 4.79 Å². The number of aliphatic hydroxyl groups is 4. The maximum atomic E-state index is 12.0. The van der Waals surface area contributed by atoms with Gasteiger partial charge in [0.1, 0.15) is 6.61 Å². The molecule has 5 rings (SSSR count). The summed E-state index contributed by atoms with van der Waals surface area (Å²) in [7, 11) is 0. The largest absolute Gasteiger partial charge is 0.458 e. The first-order valence-electron chi connectivity index (χ1n) is 10.9. The zero-order chi connectivity index (χ0) is 19.9. The van der Waals surface area contributed by atoms with Crippen LogP contribution >= 0.6 is 0 Å². The van der Waals surface area contributed by atoms with E-state index in [1.165, 1.54) is 0 Å². The van der Waals surface area contributed by atoms with Gasteiger partial charge in [0.25, 0.3) is 0 Å². The van der Waals surface area contributed by atoms with Crippen LogP contribution in [0.2, 0.25) is 0 Å². The van der Waals surface area contributed by atoms with Crippen LogP contribution in [0.25, 0.3) is 0 Å². The second-order valence-electron chi connectivity index (χ2n) is 10.4. The minimum atomic E-state index is -1.26. The average Bonchev–Trinajstić information content (AvgIpc) is 3.17. The fourth-order valence-corrected chi connectivity index (χ4v) is 7.99. The maximum Gasteiger partial charge on any atom is 0.331 e. The number of rotatable bonds is 1. The van der Waals surface area contributed by atoms with Crippen LogP contribution in [0.1, 0.15) is 64.7 Å². The second kappa shape index (κ2) is 5.81. The number of cyclic esters (lactones) is 1. The van der Waals surface area contributed by atoms with Gasteiger partial charge in [0.2, 0.25) is 0 Å². The zero-order valence-corrected chi connectivity index (χ0v) is 16.6. The van der Waals surface area contributed by atoms with Crippen molar-refractivity contribution in [3.05, 3.63) is 11.6 Å². The maximum absolute atomic E-state index is 12.0. The zero-order valence-electron chi connectivity index (χ0n) is 16.6. The minimum absolute atomic E-state index is 0.0737. The first-order chi connectivity index (χ1) is 13.1. The first kappa shape index (κ1) is 19.0. The molecule has 4 saturated carbocycles. The van der Waals surface area contributed by atoms with Crippen LogP contribution in [-0.4, -0.2) is 55.9 Å². The average molecular weight is 392 g/mol. The summed E-state index contributed by atoms with van der Waals surface area (Å²) in [5.41, 5.74) is -2.78. The summed E-state index contributed by atoms with van der Waals surface area (Å²) in [6, 6.07) is 0. The van der Waals surface area contributed by atoms with Crippen molar-refractivity contribution in [1.29, 1.82) is 0 Å². The van der Waals surface area contributed by atoms with Gasteiger partial charge < -0.3 is 25.2 Å². The molecule has 0 unspecified atom stereocenters. The molecular weight excluding hydrogens is 360 g/mol. The molecule has 4 aliphatic carbocycles. The van der Waals surface area contributed by atoms with E-state index in [0.29, 0.717) is 38.7 Å². The van der Waals surface area contributed by atoms with E-state index in [1.54, 1.807) is 6.08 Å². The third kappa shape index (κ3) is 2.21. The van der Waals surface area contributed by atoms with Crippen molar-refractivity contribution in [2.45, 2.75) is 87.6 Å². The van der Waals surface area contributed by atoms with Gasteiger partial charge in [-0.15, -0.1) is 0 Å². The Bertz CT molecular complexity index is 735. The van der Waals surface area contributed by atoms with Gasteiger partial charge >= 0.3 is 5.97 Å². The van der Waals surface area contributed by atoms with E-state index < -0.39 is 22.9 Å². The fourth-order valence-electron chi connectivity index (χ4n) is 7.99. The molecule has 0 saturated heterocycles. The molecule has 1 heterocycles. The molecule has 6 nitrogen and oxygen atoms in total. The van der Waals surface area contributed by atoms with Crippen LogP contribution in [0.3, 0.4) is 0 Å². The summed E-state index contributed by atoms with van der Waals surface area (Å²) in [5, 5.41) is 45.0. The highest BCUT2D eigenvalue weighted by molar-refractivity contribution is 5.85. The molecule has 0 radical (unpaired) electrons. The topological polar surface area (TPSA) is 107 Å². The Labute approximate surface area is 165 Å². The molecule has 0 aromatic carbocycles. The monoisotopic (exact) mass is 392 g/mol. The highest BCUT2D eigenvalue weighted by atomic mass is 16.5. The highest BCUT2D eigenvalue weighted by Gasteiger charge is 2.71. The molecule has 4 N–H and O–H groups in total. The first-order valence-corrected chi connectivity index (χ1v) is 10.9. The van der Waals surface area contributed by atoms with Crippen LogP contribution in [0, 0.1) is 23.2 Å². The summed E-state index contributed by atoms with van der Waals surface area (Å²) >= 11 is 0. The summed E-state index contributed by atoms with van der Waals surface area (Å²) in [6.45, 7) is 2.46. The van der Waals surface area contributed by atoms with E-state index in [9.17, 15) is 25.2 Å². The van der Waals surface area contributed by atoms with Crippen LogP contribution in [0.4, 0.5) is 0 Å². The number of carbonyl (C=O) groups is 1. The van der Waals surface area contributed by atoms with Gasteiger partial charge in [0.15, 0.2) is 0 Å². The summed E-state index contributed by atoms with van der Waals surface area (Å²) in [5.74, 6) is -0.407. The van der Waals surface area contributed by atoms with Crippen molar-refractivity contribution >= 4 is 5.97 Å². The Morgan fingerprint density at radius 1 is 0.964 bits per heavy atom. The number of fused-ring (bicyclic) bond motifs is 5. The van der Waals surface area contributed by atoms with Gasteiger partial charge in [0, 0.05) is 17.9 Å². The Morgan fingerprint density at radius 3 is 2.36 bits per heavy atom. The van der Waals surface area contributed by atoms with Gasteiger partial charge in [0.05, 0.1) is 22.9 Å². The molecule has 156 valence electrons. The van der Waals surface area contributed by atoms with E-state index in [2.05, 4.69) is 6.92 Å². The Balaban J connectivity index is 1.49. The molecular formula is C22H32O6. The van der Waals surface area contributed by atoms with Crippen molar-refractivity contribution in [3.63, 3.8) is 0 Å². The molecule has 0 aromatic rings. The lowest BCUT2D eigenvalue weighted by atomic mass is 9.45. The number of hydrogen-bond donors (Lipinski definition) is 4. The molecule has 28 heavy (non-hydrogen) atoms. The van der Waals surface area contributed by atoms with E-state index in [1.807, 2.05) is 0 Å². The molecule has 0 aromatic heterocycles. The number of esters is 1. The molecule has 1 aliphatic heterocycles. The number of ether oxygens (including phenoxy) is 1. The summed E-state index contributed by atoms with van der Waals surface area (Å²) < 4.78 is 5.14. The van der Waals surface area contributed by atoms with E-state index in [-0.39, 0.29) is 35.6 Å². The number of aliphatic hydroxyl groups excluding tert-OH is 1. The predicted molar refractivity (Wildman–Crippen MR) is 100 cm³/mol. The number of carbonyl (C=O) groups excluding carboxylic acids is 1. The molecule has 4 fully saturated rings. The van der Waals surface area contributed by atoms with Crippen LogP contribution in [-0.2, 0) is 9.53 Å². The molecule has 5 aliphatic rings. The predicted octanol–water partition coefficient (Wildman–Crippen LogP) is 1.44. The van der Waals surface area contributed by atoms with Crippen LogP contribution in [0.5, 0.6) is 0 Å². The smallest absolute Gasteiger partial charge is 0.331 e. The Morgan fingerprint density at radius 2 is 1.64 bits per heavy atom. The molecule has 0 spiro atoms. The molecule has 0 bridgehead atoms. The third-order valence-corrected chi connectivity index (χ3v) is 9.50. The van der Waals surface area contributed by atoms with Gasteiger partial charge in [-0.05, 0) is 74.7 Å². The lowest BCUT2D eigenvalue weighted by molar-refractivity contribution is -0.288. The van der Waals surface area contributed by atoms with Crippen LogP contribution < -0.4 is 0 Å². The van der Waals surface area contributed by atoms with Crippen molar-refractivity contribution in [1.82, 2.24) is 0 Å². The van der Waals surface area contributed by atoms with Crippen molar-refractivity contribution in [3.8, 4) is 0 Å². The molecule has 0 amide bonds. The van der Waals surface area contributed by atoms with E-state index in [4.69, 9.17) is 4.74 Å². The summed E-state index contributed by atoms with van der Waals surface area (Å²) in [4.78, 5) is 11.6. The lowest BCUT2D eigenvalue weighted by Gasteiger charge is -2.64. The standard InChI is InChI=1S/C22H32O6/c1-19-6-3-17-16(4-7-20(25)11-14(23)2-8-22(17,20)27)21(19,26)9-5-15(19)13-10-18(24)28-12-13/h10,14-17,23,25-27H,2-9,11-12H2,1H3/t14-,15+,16+,17-,19+,20-,21-,22-/m0/s1. The Hall–Kier alpha value is -0.950. The highest BCUT2D eigenvalue weighted by Crippen LogP contribution is 2.68. The lowest BCUT2D eigenvalue weighted by Crippen LogP contribution is -2.71. The van der Waals surface area contributed by atoms with E-state index in [0.717, 1.165) is 24.8 Å². The molecule has 8 atom stereocenters.